The second-order valence-corrected chi connectivity index (χ2v) is 7.10. The van der Waals surface area contributed by atoms with Crippen molar-refractivity contribution in [2.24, 2.45) is 0 Å². The van der Waals surface area contributed by atoms with Crippen LogP contribution in [0.5, 0.6) is 5.75 Å². The SMILES string of the molecule is COC(=O)c1c(-c2cccc(OCc3ccccc3)c2)nn(-c2ccccc2)c1C(=O)OC. The number of rotatable bonds is 7. The van der Waals surface area contributed by atoms with E-state index in [2.05, 4.69) is 5.10 Å². The summed E-state index contributed by atoms with van der Waals surface area (Å²) in [5, 5.41) is 4.61. The number of carbonyl (C=O) groups is 2. The number of benzene rings is 3. The van der Waals surface area contributed by atoms with Gasteiger partial charge in [-0.3, -0.25) is 0 Å². The van der Waals surface area contributed by atoms with Crippen LogP contribution in [0.15, 0.2) is 84.9 Å². The summed E-state index contributed by atoms with van der Waals surface area (Å²) in [7, 11) is 2.51. The maximum Gasteiger partial charge on any atom is 0.357 e. The van der Waals surface area contributed by atoms with E-state index in [-0.39, 0.29) is 17.0 Å². The number of aromatic nitrogens is 2. The predicted octanol–water partition coefficient (Wildman–Crippen LogP) is 4.69. The van der Waals surface area contributed by atoms with Gasteiger partial charge in [0.25, 0.3) is 0 Å². The molecule has 0 fully saturated rings. The van der Waals surface area contributed by atoms with Crippen molar-refractivity contribution in [1.29, 1.82) is 0 Å². The molecule has 7 nitrogen and oxygen atoms in total. The van der Waals surface area contributed by atoms with Crippen molar-refractivity contribution < 1.29 is 23.8 Å². The highest BCUT2D eigenvalue weighted by Gasteiger charge is 2.31. The smallest absolute Gasteiger partial charge is 0.357 e. The molecule has 1 heterocycles. The molecule has 0 aliphatic carbocycles. The summed E-state index contributed by atoms with van der Waals surface area (Å²) in [6.45, 7) is 0.389. The summed E-state index contributed by atoms with van der Waals surface area (Å²) in [5.74, 6) is -0.793. The number of ether oxygens (including phenoxy) is 3. The van der Waals surface area contributed by atoms with Crippen molar-refractivity contribution in [3.8, 4) is 22.7 Å². The van der Waals surface area contributed by atoms with Gasteiger partial charge in [-0.25, -0.2) is 14.3 Å². The summed E-state index contributed by atoms with van der Waals surface area (Å²) in [6, 6.07) is 26.0. The molecule has 0 atom stereocenters. The van der Waals surface area contributed by atoms with Crippen molar-refractivity contribution >= 4 is 11.9 Å². The van der Waals surface area contributed by atoms with Gasteiger partial charge in [-0.15, -0.1) is 0 Å². The van der Waals surface area contributed by atoms with Gasteiger partial charge >= 0.3 is 11.9 Å². The number of carbonyl (C=O) groups excluding carboxylic acids is 2. The molecule has 0 unspecified atom stereocenters. The number of para-hydroxylation sites is 1. The molecule has 7 heteroatoms. The predicted molar refractivity (Wildman–Crippen MR) is 122 cm³/mol. The summed E-state index contributed by atoms with van der Waals surface area (Å²) < 4.78 is 17.3. The van der Waals surface area contributed by atoms with Crippen molar-refractivity contribution in [1.82, 2.24) is 9.78 Å². The van der Waals surface area contributed by atoms with Crippen molar-refractivity contribution in [2.45, 2.75) is 6.61 Å². The highest BCUT2D eigenvalue weighted by atomic mass is 16.5. The van der Waals surface area contributed by atoms with Crippen LogP contribution in [-0.2, 0) is 16.1 Å². The summed E-state index contributed by atoms with van der Waals surface area (Å²) in [5.41, 5.74) is 2.52. The van der Waals surface area contributed by atoms with E-state index in [1.165, 1.54) is 18.9 Å². The van der Waals surface area contributed by atoms with E-state index >= 15 is 0 Å². The Labute approximate surface area is 191 Å². The van der Waals surface area contributed by atoms with Crippen molar-refractivity contribution in [2.75, 3.05) is 14.2 Å². The average molecular weight is 442 g/mol. The monoisotopic (exact) mass is 442 g/mol. The summed E-state index contributed by atoms with van der Waals surface area (Å²) in [6.07, 6.45) is 0. The third-order valence-corrected chi connectivity index (χ3v) is 5.01. The van der Waals surface area contributed by atoms with Gasteiger partial charge in [0.2, 0.25) is 0 Å². The fourth-order valence-electron chi connectivity index (χ4n) is 3.43. The normalized spacial score (nSPS) is 10.5. The van der Waals surface area contributed by atoms with E-state index < -0.39 is 11.9 Å². The Kier molecular flexibility index (Phi) is 6.50. The molecule has 0 aliphatic heterocycles. The average Bonchev–Trinajstić information content (AvgIpc) is 3.28. The maximum atomic E-state index is 12.8. The molecule has 33 heavy (non-hydrogen) atoms. The quantitative estimate of drug-likeness (QED) is 0.386. The zero-order valence-corrected chi connectivity index (χ0v) is 18.2. The van der Waals surface area contributed by atoms with Crippen LogP contribution in [0.25, 0.3) is 16.9 Å². The lowest BCUT2D eigenvalue weighted by atomic mass is 10.1. The molecule has 0 aliphatic rings. The number of esters is 2. The van der Waals surface area contributed by atoms with Gasteiger partial charge in [-0.2, -0.15) is 5.10 Å². The standard InChI is InChI=1S/C26H22N2O5/c1-31-25(29)22-23(27-28(24(22)26(30)32-2)20-13-7-4-8-14-20)19-12-9-15-21(16-19)33-17-18-10-5-3-6-11-18/h3-16H,17H2,1-2H3. The molecule has 4 rings (SSSR count). The first-order valence-electron chi connectivity index (χ1n) is 10.2. The van der Waals surface area contributed by atoms with Crippen LogP contribution >= 0.6 is 0 Å². The van der Waals surface area contributed by atoms with E-state index in [4.69, 9.17) is 14.2 Å². The largest absolute Gasteiger partial charge is 0.489 e. The van der Waals surface area contributed by atoms with E-state index in [0.29, 0.717) is 23.6 Å². The molecule has 4 aromatic rings. The third kappa shape index (κ3) is 4.62. The van der Waals surface area contributed by atoms with Crippen molar-refractivity contribution in [3.05, 3.63) is 102 Å². The van der Waals surface area contributed by atoms with Crippen LogP contribution in [0.3, 0.4) is 0 Å². The third-order valence-electron chi connectivity index (χ3n) is 5.01. The van der Waals surface area contributed by atoms with Gasteiger partial charge < -0.3 is 14.2 Å². The Morgan fingerprint density at radius 1 is 0.818 bits per heavy atom. The van der Waals surface area contributed by atoms with Gasteiger partial charge in [-0.05, 0) is 29.8 Å². The lowest BCUT2D eigenvalue weighted by Gasteiger charge is -2.08. The van der Waals surface area contributed by atoms with E-state index in [1.807, 2.05) is 54.6 Å². The fourth-order valence-corrected chi connectivity index (χ4v) is 3.43. The van der Waals surface area contributed by atoms with Crippen LogP contribution in [0.1, 0.15) is 26.4 Å². The van der Waals surface area contributed by atoms with Gasteiger partial charge in [-0.1, -0.05) is 60.7 Å². The molecule has 0 saturated carbocycles. The molecule has 166 valence electrons. The molecule has 1 aromatic heterocycles. The van der Waals surface area contributed by atoms with Crippen molar-refractivity contribution in [3.63, 3.8) is 0 Å². The van der Waals surface area contributed by atoms with Crippen LogP contribution in [-0.4, -0.2) is 35.9 Å². The lowest BCUT2D eigenvalue weighted by molar-refractivity contribution is 0.0549. The minimum absolute atomic E-state index is 0.0128. The van der Waals surface area contributed by atoms with Gasteiger partial charge in [0.15, 0.2) is 5.69 Å². The molecule has 0 bridgehead atoms. The maximum absolute atomic E-state index is 12.8. The minimum Gasteiger partial charge on any atom is -0.489 e. The van der Waals surface area contributed by atoms with Gasteiger partial charge in [0, 0.05) is 5.56 Å². The Balaban J connectivity index is 1.81. The van der Waals surface area contributed by atoms with E-state index in [1.54, 1.807) is 30.3 Å². The van der Waals surface area contributed by atoms with Gasteiger partial charge in [0.05, 0.1) is 19.9 Å². The second-order valence-electron chi connectivity index (χ2n) is 7.10. The first-order valence-corrected chi connectivity index (χ1v) is 10.2. The number of nitrogens with zero attached hydrogens (tertiary/aromatic N) is 2. The molecular weight excluding hydrogens is 420 g/mol. The van der Waals surface area contributed by atoms with E-state index in [9.17, 15) is 9.59 Å². The van der Waals surface area contributed by atoms with Crippen LogP contribution < -0.4 is 4.74 Å². The fraction of sp³-hybridized carbons (Fsp3) is 0.115. The Hall–Kier alpha value is -4.39. The highest BCUT2D eigenvalue weighted by Crippen LogP contribution is 2.31. The number of methoxy groups -OCH3 is 2. The topological polar surface area (TPSA) is 79.7 Å². The number of hydrogen-bond acceptors (Lipinski definition) is 6. The molecular formula is C26H22N2O5. The first-order chi connectivity index (χ1) is 16.1. The summed E-state index contributed by atoms with van der Waals surface area (Å²) >= 11 is 0. The van der Waals surface area contributed by atoms with Gasteiger partial charge in [0.1, 0.15) is 23.6 Å². The molecule has 0 N–H and O–H groups in total. The molecule has 3 aromatic carbocycles. The van der Waals surface area contributed by atoms with E-state index in [0.717, 1.165) is 5.56 Å². The molecule has 0 radical (unpaired) electrons. The first kappa shape index (κ1) is 21.8. The molecule has 0 saturated heterocycles. The Bertz CT molecular complexity index is 1270. The summed E-state index contributed by atoms with van der Waals surface area (Å²) in [4.78, 5) is 25.5. The Morgan fingerprint density at radius 2 is 1.48 bits per heavy atom. The van der Waals surface area contributed by atoms with Crippen LogP contribution in [0, 0.1) is 0 Å². The highest BCUT2D eigenvalue weighted by molar-refractivity contribution is 6.06. The van der Waals surface area contributed by atoms with Crippen LogP contribution in [0.4, 0.5) is 0 Å². The zero-order valence-electron chi connectivity index (χ0n) is 18.2. The Morgan fingerprint density at radius 3 is 2.15 bits per heavy atom. The lowest BCUT2D eigenvalue weighted by Crippen LogP contribution is -2.15. The number of hydrogen-bond donors (Lipinski definition) is 0. The van der Waals surface area contributed by atoms with Crippen LogP contribution in [0.2, 0.25) is 0 Å². The minimum atomic E-state index is -0.700. The second kappa shape index (κ2) is 9.82. The molecule has 0 spiro atoms. The molecule has 0 amide bonds. The zero-order chi connectivity index (χ0) is 23.2.